The number of carbonyl (C=O) groups is 1. The molecule has 1 amide bonds. The van der Waals surface area contributed by atoms with E-state index in [1.54, 1.807) is 0 Å². The minimum absolute atomic E-state index is 0.0603. The van der Waals surface area contributed by atoms with Crippen molar-refractivity contribution in [1.29, 1.82) is 0 Å². The molecule has 1 aliphatic rings. The van der Waals surface area contributed by atoms with E-state index in [-0.39, 0.29) is 11.8 Å². The van der Waals surface area contributed by atoms with E-state index >= 15 is 0 Å². The van der Waals surface area contributed by atoms with Crippen LogP contribution in [0, 0.1) is 0 Å². The van der Waals surface area contributed by atoms with Crippen molar-refractivity contribution >= 4 is 33.4 Å². The number of imidazole rings is 1. The number of para-hydroxylation sites is 3. The first-order chi connectivity index (χ1) is 15.8. The number of aromatic nitrogens is 2. The summed E-state index contributed by atoms with van der Waals surface area (Å²) >= 11 is 0. The van der Waals surface area contributed by atoms with Crippen LogP contribution < -0.4 is 4.90 Å². The van der Waals surface area contributed by atoms with Crippen molar-refractivity contribution in [2.75, 3.05) is 11.4 Å². The third kappa shape index (κ3) is 3.16. The van der Waals surface area contributed by atoms with Crippen LogP contribution in [0.4, 0.5) is 5.69 Å². The number of amides is 1. The summed E-state index contributed by atoms with van der Waals surface area (Å²) in [6.45, 7) is 1.38. The zero-order chi connectivity index (χ0) is 21.5. The molecule has 1 aliphatic heterocycles. The Hall–Kier alpha value is -3.92. The maximum absolute atomic E-state index is 12.9. The van der Waals surface area contributed by atoms with Gasteiger partial charge in [-0.25, -0.2) is 4.98 Å². The van der Waals surface area contributed by atoms with Crippen LogP contribution in [0.15, 0.2) is 97.1 Å². The number of benzene rings is 4. The van der Waals surface area contributed by atoms with Gasteiger partial charge in [0.1, 0.15) is 5.82 Å². The molecule has 0 unspecified atom stereocenters. The van der Waals surface area contributed by atoms with Crippen LogP contribution >= 0.6 is 0 Å². The Bertz CT molecular complexity index is 1430. The van der Waals surface area contributed by atoms with E-state index in [0.717, 1.165) is 29.1 Å². The highest BCUT2D eigenvalue weighted by atomic mass is 16.2. The lowest BCUT2D eigenvalue weighted by Gasteiger charge is -2.18. The second-order valence-electron chi connectivity index (χ2n) is 8.42. The topological polar surface area (TPSA) is 38.1 Å². The Morgan fingerprint density at radius 3 is 2.47 bits per heavy atom. The van der Waals surface area contributed by atoms with Crippen molar-refractivity contribution in [1.82, 2.24) is 9.55 Å². The highest BCUT2D eigenvalue weighted by molar-refractivity contribution is 5.96. The van der Waals surface area contributed by atoms with E-state index in [4.69, 9.17) is 4.98 Å². The molecule has 0 aliphatic carbocycles. The Morgan fingerprint density at radius 1 is 0.812 bits per heavy atom. The van der Waals surface area contributed by atoms with Crippen LogP contribution in [-0.2, 0) is 11.3 Å². The van der Waals surface area contributed by atoms with Crippen LogP contribution in [-0.4, -0.2) is 22.0 Å². The van der Waals surface area contributed by atoms with Gasteiger partial charge in [-0.1, -0.05) is 72.8 Å². The van der Waals surface area contributed by atoms with Gasteiger partial charge in [0.05, 0.1) is 11.0 Å². The number of hydrogen-bond donors (Lipinski definition) is 0. The second-order valence-corrected chi connectivity index (χ2v) is 8.42. The summed E-state index contributed by atoms with van der Waals surface area (Å²) in [7, 11) is 0. The largest absolute Gasteiger partial charge is 0.323 e. The minimum Gasteiger partial charge on any atom is -0.323 e. The van der Waals surface area contributed by atoms with Crippen LogP contribution in [0.3, 0.4) is 0 Å². The SMILES string of the molecule is O=C1C[C@H](c2nc3ccccc3n2Cc2cccc3ccccc23)CN1c1ccccc1. The average Bonchev–Trinajstić information content (AvgIpc) is 3.40. The summed E-state index contributed by atoms with van der Waals surface area (Å²) in [5, 5.41) is 2.49. The fourth-order valence-corrected chi connectivity index (χ4v) is 4.91. The maximum atomic E-state index is 12.9. The quantitative estimate of drug-likeness (QED) is 0.373. The van der Waals surface area contributed by atoms with E-state index < -0.39 is 0 Å². The van der Waals surface area contributed by atoms with E-state index in [1.807, 2.05) is 41.3 Å². The number of anilines is 1. The predicted octanol–water partition coefficient (Wildman–Crippen LogP) is 5.76. The summed E-state index contributed by atoms with van der Waals surface area (Å²) in [4.78, 5) is 19.8. The van der Waals surface area contributed by atoms with Crippen molar-refractivity contribution in [3.8, 4) is 0 Å². The van der Waals surface area contributed by atoms with Gasteiger partial charge in [-0.3, -0.25) is 4.79 Å². The first kappa shape index (κ1) is 18.8. The Kier molecular flexibility index (Phi) is 4.50. The highest BCUT2D eigenvalue weighted by Crippen LogP contribution is 2.34. The molecule has 6 rings (SSSR count). The second kappa shape index (κ2) is 7.65. The number of fused-ring (bicyclic) bond motifs is 2. The molecule has 4 heteroatoms. The summed E-state index contributed by atoms with van der Waals surface area (Å²) in [5.41, 5.74) is 4.31. The lowest BCUT2D eigenvalue weighted by atomic mass is 10.0. The molecule has 1 saturated heterocycles. The molecule has 156 valence electrons. The van der Waals surface area contributed by atoms with Crippen LogP contribution in [0.25, 0.3) is 21.8 Å². The zero-order valence-corrected chi connectivity index (χ0v) is 17.7. The molecule has 0 N–H and O–H groups in total. The number of rotatable bonds is 4. The molecule has 1 fully saturated rings. The van der Waals surface area contributed by atoms with E-state index in [0.29, 0.717) is 13.0 Å². The van der Waals surface area contributed by atoms with Crippen molar-refractivity contribution < 1.29 is 4.79 Å². The van der Waals surface area contributed by atoms with E-state index in [2.05, 4.69) is 65.2 Å². The van der Waals surface area contributed by atoms with Crippen molar-refractivity contribution in [3.63, 3.8) is 0 Å². The molecule has 0 spiro atoms. The Balaban J connectivity index is 1.43. The molecule has 1 aromatic heterocycles. The number of carbonyl (C=O) groups excluding carboxylic acids is 1. The van der Waals surface area contributed by atoms with Gasteiger partial charge in [0, 0.05) is 31.1 Å². The molecule has 0 saturated carbocycles. The van der Waals surface area contributed by atoms with E-state index in [9.17, 15) is 4.79 Å². The standard InChI is InChI=1S/C28H23N3O/c32-27-17-22(19-30(27)23-12-2-1-3-13-23)28-29-25-15-6-7-16-26(25)31(28)18-21-11-8-10-20-9-4-5-14-24(20)21/h1-16,22H,17-19H2/t22-/m0/s1. The van der Waals surface area contributed by atoms with Crippen LogP contribution in [0.2, 0.25) is 0 Å². The number of hydrogen-bond acceptors (Lipinski definition) is 2. The van der Waals surface area contributed by atoms with Gasteiger partial charge in [0.15, 0.2) is 0 Å². The monoisotopic (exact) mass is 417 g/mol. The van der Waals surface area contributed by atoms with Crippen molar-refractivity contribution in [3.05, 3.63) is 108 Å². The molecular weight excluding hydrogens is 394 g/mol. The molecule has 0 bridgehead atoms. The Morgan fingerprint density at radius 2 is 1.56 bits per heavy atom. The highest BCUT2D eigenvalue weighted by Gasteiger charge is 2.34. The average molecular weight is 418 g/mol. The molecule has 2 heterocycles. The van der Waals surface area contributed by atoms with Crippen molar-refractivity contribution in [2.24, 2.45) is 0 Å². The smallest absolute Gasteiger partial charge is 0.227 e. The predicted molar refractivity (Wildman–Crippen MR) is 129 cm³/mol. The summed E-state index contributed by atoms with van der Waals surface area (Å²) in [6.07, 6.45) is 0.480. The normalized spacial score (nSPS) is 16.3. The summed E-state index contributed by atoms with van der Waals surface area (Å²) in [5.74, 6) is 1.21. The molecule has 32 heavy (non-hydrogen) atoms. The minimum atomic E-state index is 0.0603. The molecule has 1 atom stereocenters. The third-order valence-corrected chi connectivity index (χ3v) is 6.45. The molecular formula is C28H23N3O. The van der Waals surface area contributed by atoms with Crippen LogP contribution in [0.5, 0.6) is 0 Å². The van der Waals surface area contributed by atoms with Gasteiger partial charge >= 0.3 is 0 Å². The molecule has 0 radical (unpaired) electrons. The fraction of sp³-hybridized carbons (Fsp3) is 0.143. The van der Waals surface area contributed by atoms with Gasteiger partial charge in [-0.15, -0.1) is 0 Å². The lowest BCUT2D eigenvalue weighted by Crippen LogP contribution is -2.24. The Labute approximate surface area is 186 Å². The maximum Gasteiger partial charge on any atom is 0.227 e. The third-order valence-electron chi connectivity index (χ3n) is 6.45. The van der Waals surface area contributed by atoms with Gasteiger partial charge in [0.2, 0.25) is 5.91 Å². The van der Waals surface area contributed by atoms with Gasteiger partial charge < -0.3 is 9.47 Å². The molecule has 4 nitrogen and oxygen atoms in total. The van der Waals surface area contributed by atoms with E-state index in [1.165, 1.54) is 16.3 Å². The van der Waals surface area contributed by atoms with Crippen LogP contribution in [0.1, 0.15) is 23.7 Å². The van der Waals surface area contributed by atoms with Gasteiger partial charge in [0.25, 0.3) is 0 Å². The molecule has 4 aromatic carbocycles. The lowest BCUT2D eigenvalue weighted by molar-refractivity contribution is -0.117. The summed E-state index contributed by atoms with van der Waals surface area (Å²) in [6, 6.07) is 33.2. The number of nitrogens with zero attached hydrogens (tertiary/aromatic N) is 3. The fourth-order valence-electron chi connectivity index (χ4n) is 4.91. The summed E-state index contributed by atoms with van der Waals surface area (Å²) < 4.78 is 2.31. The van der Waals surface area contributed by atoms with Gasteiger partial charge in [-0.05, 0) is 40.6 Å². The molecule has 5 aromatic rings. The van der Waals surface area contributed by atoms with Gasteiger partial charge in [-0.2, -0.15) is 0 Å². The van der Waals surface area contributed by atoms with Crippen molar-refractivity contribution in [2.45, 2.75) is 18.9 Å². The first-order valence-electron chi connectivity index (χ1n) is 11.0. The first-order valence-corrected chi connectivity index (χ1v) is 11.0. The zero-order valence-electron chi connectivity index (χ0n) is 17.7.